The first-order chi connectivity index (χ1) is 10.2. The molecule has 1 heterocycles. The van der Waals surface area contributed by atoms with Crippen molar-refractivity contribution in [3.63, 3.8) is 0 Å². The lowest BCUT2D eigenvalue weighted by molar-refractivity contribution is 0.717. The summed E-state index contributed by atoms with van der Waals surface area (Å²) in [6.07, 6.45) is 8.17. The van der Waals surface area contributed by atoms with Crippen LogP contribution in [0.2, 0.25) is 0 Å². The number of nitrogens with zero attached hydrogens (tertiary/aromatic N) is 2. The van der Waals surface area contributed by atoms with Crippen LogP contribution in [-0.2, 0) is 26.4 Å². The summed E-state index contributed by atoms with van der Waals surface area (Å²) in [7, 11) is 1.98. The Kier molecular flexibility index (Phi) is 5.85. The molecular formula is C18H27N3. The fourth-order valence-electron chi connectivity index (χ4n) is 2.59. The van der Waals surface area contributed by atoms with Crippen LogP contribution in [0, 0.1) is 0 Å². The molecular weight excluding hydrogens is 258 g/mol. The van der Waals surface area contributed by atoms with Crippen LogP contribution >= 0.6 is 0 Å². The Morgan fingerprint density at radius 1 is 1.10 bits per heavy atom. The van der Waals surface area contributed by atoms with Crippen LogP contribution in [-0.4, -0.2) is 9.78 Å². The lowest BCUT2D eigenvalue weighted by Gasteiger charge is -2.07. The van der Waals surface area contributed by atoms with Gasteiger partial charge in [-0.05, 0) is 37.0 Å². The Balaban J connectivity index is 1.88. The van der Waals surface area contributed by atoms with Gasteiger partial charge in [0.1, 0.15) is 0 Å². The number of anilines is 1. The van der Waals surface area contributed by atoms with Crippen LogP contribution in [0.25, 0.3) is 0 Å². The average molecular weight is 285 g/mol. The smallest absolute Gasteiger partial charge is 0.0671 e. The number of rotatable bonds is 8. The summed E-state index contributed by atoms with van der Waals surface area (Å²) in [5.41, 5.74) is 5.08. The zero-order chi connectivity index (χ0) is 15.1. The molecule has 0 unspecified atom stereocenters. The minimum Gasteiger partial charge on any atom is -0.381 e. The van der Waals surface area contributed by atoms with E-state index < -0.39 is 0 Å². The molecule has 1 aromatic carbocycles. The van der Waals surface area contributed by atoms with E-state index in [1.165, 1.54) is 48.2 Å². The molecule has 21 heavy (non-hydrogen) atoms. The van der Waals surface area contributed by atoms with Gasteiger partial charge in [-0.2, -0.15) is 5.10 Å². The van der Waals surface area contributed by atoms with Gasteiger partial charge in [-0.25, -0.2) is 0 Å². The first-order valence-electron chi connectivity index (χ1n) is 8.07. The lowest BCUT2D eigenvalue weighted by Crippen LogP contribution is -2.01. The maximum absolute atomic E-state index is 4.47. The van der Waals surface area contributed by atoms with E-state index in [0.29, 0.717) is 0 Å². The molecule has 0 saturated carbocycles. The number of nitrogens with one attached hydrogen (secondary N) is 1. The second-order valence-electron chi connectivity index (χ2n) is 5.64. The minimum atomic E-state index is 0.839. The highest BCUT2D eigenvalue weighted by Crippen LogP contribution is 2.15. The third kappa shape index (κ3) is 4.62. The molecule has 1 aromatic heterocycles. The Morgan fingerprint density at radius 2 is 1.86 bits per heavy atom. The van der Waals surface area contributed by atoms with Gasteiger partial charge >= 0.3 is 0 Å². The summed E-state index contributed by atoms with van der Waals surface area (Å²) in [5.74, 6) is 0. The van der Waals surface area contributed by atoms with Crippen molar-refractivity contribution in [3.05, 3.63) is 47.3 Å². The van der Waals surface area contributed by atoms with E-state index in [9.17, 15) is 0 Å². The third-order valence-electron chi connectivity index (χ3n) is 3.83. The van der Waals surface area contributed by atoms with Crippen LogP contribution in [0.1, 0.15) is 49.9 Å². The van der Waals surface area contributed by atoms with E-state index in [1.54, 1.807) is 0 Å². The number of hydrogen-bond donors (Lipinski definition) is 1. The van der Waals surface area contributed by atoms with Crippen molar-refractivity contribution in [1.82, 2.24) is 9.78 Å². The molecule has 0 bridgehead atoms. The predicted octanol–water partition coefficient (Wildman–Crippen LogP) is 4.33. The van der Waals surface area contributed by atoms with E-state index in [-0.39, 0.29) is 0 Å². The molecule has 0 spiro atoms. The summed E-state index contributed by atoms with van der Waals surface area (Å²) in [4.78, 5) is 0. The van der Waals surface area contributed by atoms with Crippen LogP contribution in [0.4, 0.5) is 5.69 Å². The molecule has 0 saturated heterocycles. The normalized spacial score (nSPS) is 10.8. The molecule has 0 radical (unpaired) electrons. The largest absolute Gasteiger partial charge is 0.381 e. The summed E-state index contributed by atoms with van der Waals surface area (Å²) < 4.78 is 1.90. The Bertz CT molecular complexity index is 540. The molecule has 0 fully saturated rings. The summed E-state index contributed by atoms with van der Waals surface area (Å²) >= 11 is 0. The topological polar surface area (TPSA) is 29.9 Å². The monoisotopic (exact) mass is 285 g/mol. The number of aryl methyl sites for hydroxylation is 3. The highest BCUT2D eigenvalue weighted by Gasteiger charge is 2.05. The van der Waals surface area contributed by atoms with Gasteiger partial charge in [0.25, 0.3) is 0 Å². The third-order valence-corrected chi connectivity index (χ3v) is 3.83. The quantitative estimate of drug-likeness (QED) is 0.732. The van der Waals surface area contributed by atoms with Gasteiger partial charge < -0.3 is 5.32 Å². The van der Waals surface area contributed by atoms with Gasteiger partial charge in [0.15, 0.2) is 0 Å². The number of aromatic nitrogens is 2. The minimum absolute atomic E-state index is 0.839. The van der Waals surface area contributed by atoms with Crippen molar-refractivity contribution >= 4 is 5.69 Å². The van der Waals surface area contributed by atoms with Crippen LogP contribution < -0.4 is 5.32 Å². The molecule has 1 N–H and O–H groups in total. The second kappa shape index (κ2) is 7.87. The standard InChI is InChI=1S/C18H27N3/c1-4-6-7-8-15-9-11-17(12-10-15)19-13-16-14-21(3)20-18(16)5-2/h9-12,14,19H,4-8,13H2,1-3H3. The molecule has 114 valence electrons. The lowest BCUT2D eigenvalue weighted by atomic mass is 10.1. The molecule has 2 aromatic rings. The molecule has 0 aliphatic rings. The highest BCUT2D eigenvalue weighted by atomic mass is 15.3. The molecule has 3 nitrogen and oxygen atoms in total. The summed E-state index contributed by atoms with van der Waals surface area (Å²) in [5, 5.41) is 7.96. The van der Waals surface area contributed by atoms with Crippen molar-refractivity contribution in [2.24, 2.45) is 7.05 Å². The van der Waals surface area contributed by atoms with E-state index in [1.807, 2.05) is 11.7 Å². The zero-order valence-electron chi connectivity index (χ0n) is 13.5. The average Bonchev–Trinajstić information content (AvgIpc) is 2.87. The second-order valence-corrected chi connectivity index (χ2v) is 5.64. The van der Waals surface area contributed by atoms with Crippen molar-refractivity contribution in [1.29, 1.82) is 0 Å². The fourth-order valence-corrected chi connectivity index (χ4v) is 2.59. The van der Waals surface area contributed by atoms with E-state index in [0.717, 1.165) is 13.0 Å². The number of unbranched alkanes of at least 4 members (excludes halogenated alkanes) is 2. The van der Waals surface area contributed by atoms with Crippen molar-refractivity contribution in [3.8, 4) is 0 Å². The van der Waals surface area contributed by atoms with Crippen molar-refractivity contribution in [2.75, 3.05) is 5.32 Å². The number of benzene rings is 1. The zero-order valence-corrected chi connectivity index (χ0v) is 13.5. The first-order valence-corrected chi connectivity index (χ1v) is 8.07. The van der Waals surface area contributed by atoms with Gasteiger partial charge in [0, 0.05) is 31.0 Å². The van der Waals surface area contributed by atoms with Gasteiger partial charge in [0.2, 0.25) is 0 Å². The van der Waals surface area contributed by atoms with E-state index >= 15 is 0 Å². The molecule has 0 amide bonds. The summed E-state index contributed by atoms with van der Waals surface area (Å²) in [6, 6.07) is 8.84. The van der Waals surface area contributed by atoms with Gasteiger partial charge in [-0.15, -0.1) is 0 Å². The van der Waals surface area contributed by atoms with Gasteiger partial charge in [-0.1, -0.05) is 38.8 Å². The van der Waals surface area contributed by atoms with Crippen LogP contribution in [0.3, 0.4) is 0 Å². The molecule has 2 rings (SSSR count). The Labute approximate surface area is 128 Å². The summed E-state index contributed by atoms with van der Waals surface area (Å²) in [6.45, 7) is 5.24. The van der Waals surface area contributed by atoms with Crippen LogP contribution in [0.15, 0.2) is 30.5 Å². The van der Waals surface area contributed by atoms with Crippen LogP contribution in [0.5, 0.6) is 0 Å². The SMILES string of the molecule is CCCCCc1ccc(NCc2cn(C)nc2CC)cc1. The van der Waals surface area contributed by atoms with E-state index in [2.05, 4.69) is 54.7 Å². The molecule has 0 atom stereocenters. The molecule has 3 heteroatoms. The highest BCUT2D eigenvalue weighted by molar-refractivity contribution is 5.45. The molecule has 0 aliphatic heterocycles. The van der Waals surface area contributed by atoms with Gasteiger partial charge in [-0.3, -0.25) is 4.68 Å². The van der Waals surface area contributed by atoms with Crippen molar-refractivity contribution < 1.29 is 0 Å². The fraction of sp³-hybridized carbons (Fsp3) is 0.500. The predicted molar refractivity (Wildman–Crippen MR) is 89.6 cm³/mol. The van der Waals surface area contributed by atoms with Crippen molar-refractivity contribution in [2.45, 2.75) is 52.5 Å². The Morgan fingerprint density at radius 3 is 2.52 bits per heavy atom. The Hall–Kier alpha value is -1.77. The number of hydrogen-bond acceptors (Lipinski definition) is 2. The maximum Gasteiger partial charge on any atom is 0.0671 e. The van der Waals surface area contributed by atoms with Gasteiger partial charge in [0.05, 0.1) is 5.69 Å². The van der Waals surface area contributed by atoms with E-state index in [4.69, 9.17) is 0 Å². The maximum atomic E-state index is 4.47. The first kappa shape index (κ1) is 15.6. The molecule has 0 aliphatic carbocycles.